The standard InChI is InChI=1S/C19H13F3N6O/c20-19(21,22)13-2-1-3-14(10-13)28-9-6-16(27-28)25-18(29)15-11-24-26-17(15)12-4-7-23-8-5-12/h1-11H,(H,24,26)(H,25,27,29). The number of alkyl halides is 3. The van der Waals surface area contributed by atoms with Crippen molar-refractivity contribution in [3.8, 4) is 16.9 Å². The number of hydrogen-bond acceptors (Lipinski definition) is 4. The Hall–Kier alpha value is -3.95. The van der Waals surface area contributed by atoms with E-state index < -0.39 is 17.6 Å². The molecule has 0 fully saturated rings. The van der Waals surface area contributed by atoms with Crippen LogP contribution in [0.15, 0.2) is 67.3 Å². The maximum Gasteiger partial charge on any atom is 0.416 e. The van der Waals surface area contributed by atoms with E-state index in [-0.39, 0.29) is 11.5 Å². The summed E-state index contributed by atoms with van der Waals surface area (Å²) in [6.45, 7) is 0. The van der Waals surface area contributed by atoms with E-state index in [0.29, 0.717) is 11.3 Å². The van der Waals surface area contributed by atoms with Crippen LogP contribution < -0.4 is 5.32 Å². The van der Waals surface area contributed by atoms with Crippen molar-refractivity contribution in [3.05, 3.63) is 78.4 Å². The molecule has 0 atom stereocenters. The number of H-pyrrole nitrogens is 1. The van der Waals surface area contributed by atoms with Gasteiger partial charge in [0.1, 0.15) is 0 Å². The Morgan fingerprint density at radius 2 is 1.90 bits per heavy atom. The number of carbonyl (C=O) groups is 1. The first-order chi connectivity index (χ1) is 13.9. The van der Waals surface area contributed by atoms with Gasteiger partial charge in [0.15, 0.2) is 5.82 Å². The molecule has 4 rings (SSSR count). The molecule has 0 unspecified atom stereocenters. The molecule has 3 aromatic heterocycles. The number of aromatic amines is 1. The topological polar surface area (TPSA) is 88.5 Å². The first-order valence-corrected chi connectivity index (χ1v) is 8.40. The highest BCUT2D eigenvalue weighted by molar-refractivity contribution is 6.07. The summed E-state index contributed by atoms with van der Waals surface area (Å²) in [5.74, 6) is -0.269. The van der Waals surface area contributed by atoms with Crippen molar-refractivity contribution in [1.82, 2.24) is 25.0 Å². The van der Waals surface area contributed by atoms with E-state index in [2.05, 4.69) is 25.6 Å². The second-order valence-electron chi connectivity index (χ2n) is 6.04. The SMILES string of the molecule is O=C(Nc1ccn(-c2cccc(C(F)(F)F)c2)n1)c1cn[nH]c1-c1ccncc1. The van der Waals surface area contributed by atoms with Gasteiger partial charge in [0.05, 0.1) is 28.7 Å². The summed E-state index contributed by atoms with van der Waals surface area (Å²) in [5, 5.41) is 13.4. The third-order valence-corrected chi connectivity index (χ3v) is 4.12. The number of carbonyl (C=O) groups excluding carboxylic acids is 1. The van der Waals surface area contributed by atoms with Crippen molar-refractivity contribution in [3.63, 3.8) is 0 Å². The quantitative estimate of drug-likeness (QED) is 0.545. The van der Waals surface area contributed by atoms with Gasteiger partial charge in [0.2, 0.25) is 0 Å². The molecule has 0 aliphatic heterocycles. The van der Waals surface area contributed by atoms with Gasteiger partial charge in [-0.15, -0.1) is 0 Å². The van der Waals surface area contributed by atoms with Crippen LogP contribution in [0.25, 0.3) is 16.9 Å². The summed E-state index contributed by atoms with van der Waals surface area (Å²) in [4.78, 5) is 16.5. The van der Waals surface area contributed by atoms with E-state index in [1.165, 1.54) is 35.3 Å². The molecule has 0 spiro atoms. The van der Waals surface area contributed by atoms with E-state index in [1.807, 2.05) is 0 Å². The fraction of sp³-hybridized carbons (Fsp3) is 0.0526. The predicted octanol–water partition coefficient (Wildman–Crippen LogP) is 3.93. The van der Waals surface area contributed by atoms with Crippen LogP contribution in [0.1, 0.15) is 15.9 Å². The zero-order valence-electron chi connectivity index (χ0n) is 14.7. The number of rotatable bonds is 4. The molecule has 0 radical (unpaired) electrons. The fourth-order valence-electron chi connectivity index (χ4n) is 2.74. The molecule has 0 bridgehead atoms. The van der Waals surface area contributed by atoms with Crippen LogP contribution in [-0.2, 0) is 6.18 Å². The maximum atomic E-state index is 12.9. The number of benzene rings is 1. The molecule has 4 aromatic rings. The van der Waals surface area contributed by atoms with E-state index in [4.69, 9.17) is 0 Å². The number of anilines is 1. The Balaban J connectivity index is 1.55. The highest BCUT2D eigenvalue weighted by Crippen LogP contribution is 2.30. The minimum atomic E-state index is -4.45. The van der Waals surface area contributed by atoms with E-state index >= 15 is 0 Å². The minimum absolute atomic E-state index is 0.189. The van der Waals surface area contributed by atoms with Crippen LogP contribution in [0.3, 0.4) is 0 Å². The molecule has 0 saturated carbocycles. The molecule has 0 aliphatic rings. The summed E-state index contributed by atoms with van der Waals surface area (Å²) < 4.78 is 39.9. The molecule has 0 aliphatic carbocycles. The normalized spacial score (nSPS) is 11.4. The van der Waals surface area contributed by atoms with Crippen molar-refractivity contribution < 1.29 is 18.0 Å². The van der Waals surface area contributed by atoms with Gasteiger partial charge in [0.25, 0.3) is 5.91 Å². The van der Waals surface area contributed by atoms with Gasteiger partial charge in [-0.2, -0.15) is 23.4 Å². The molecule has 1 amide bonds. The number of aromatic nitrogens is 5. The number of nitrogens with zero attached hydrogens (tertiary/aromatic N) is 4. The van der Waals surface area contributed by atoms with Gasteiger partial charge in [0, 0.05) is 30.2 Å². The van der Waals surface area contributed by atoms with E-state index in [0.717, 1.165) is 17.7 Å². The van der Waals surface area contributed by atoms with Gasteiger partial charge in [-0.05, 0) is 30.3 Å². The lowest BCUT2D eigenvalue weighted by molar-refractivity contribution is -0.137. The second kappa shape index (κ2) is 7.23. The summed E-state index contributed by atoms with van der Waals surface area (Å²) in [6, 6.07) is 9.70. The Morgan fingerprint density at radius 3 is 2.66 bits per heavy atom. The van der Waals surface area contributed by atoms with Crippen molar-refractivity contribution >= 4 is 11.7 Å². The van der Waals surface area contributed by atoms with Crippen molar-refractivity contribution in [2.75, 3.05) is 5.32 Å². The van der Waals surface area contributed by atoms with Gasteiger partial charge in [-0.1, -0.05) is 6.07 Å². The van der Waals surface area contributed by atoms with Gasteiger partial charge in [-0.3, -0.25) is 14.9 Å². The average molecular weight is 398 g/mol. The van der Waals surface area contributed by atoms with Crippen LogP contribution in [0.4, 0.5) is 19.0 Å². The van der Waals surface area contributed by atoms with Gasteiger partial charge < -0.3 is 5.32 Å². The molecule has 7 nitrogen and oxygen atoms in total. The second-order valence-corrected chi connectivity index (χ2v) is 6.04. The largest absolute Gasteiger partial charge is 0.416 e. The summed E-state index contributed by atoms with van der Waals surface area (Å²) in [6.07, 6.45) is 1.58. The van der Waals surface area contributed by atoms with Crippen LogP contribution in [-0.4, -0.2) is 30.9 Å². The lowest BCUT2D eigenvalue weighted by Gasteiger charge is -2.08. The number of pyridine rings is 1. The van der Waals surface area contributed by atoms with Gasteiger partial charge >= 0.3 is 6.18 Å². The fourth-order valence-corrected chi connectivity index (χ4v) is 2.74. The molecule has 0 saturated heterocycles. The number of nitrogens with one attached hydrogen (secondary N) is 2. The van der Waals surface area contributed by atoms with E-state index in [9.17, 15) is 18.0 Å². The summed E-state index contributed by atoms with van der Waals surface area (Å²) in [7, 11) is 0. The van der Waals surface area contributed by atoms with E-state index in [1.54, 1.807) is 24.5 Å². The molecule has 29 heavy (non-hydrogen) atoms. The molecule has 1 aromatic carbocycles. The zero-order valence-corrected chi connectivity index (χ0v) is 14.7. The van der Waals surface area contributed by atoms with Gasteiger partial charge in [-0.25, -0.2) is 4.68 Å². The molecule has 3 heterocycles. The lowest BCUT2D eigenvalue weighted by atomic mass is 10.1. The zero-order chi connectivity index (χ0) is 20.4. The highest BCUT2D eigenvalue weighted by atomic mass is 19.4. The van der Waals surface area contributed by atoms with Crippen molar-refractivity contribution in [2.45, 2.75) is 6.18 Å². The Morgan fingerprint density at radius 1 is 1.10 bits per heavy atom. The van der Waals surface area contributed by atoms with Crippen LogP contribution in [0, 0.1) is 0 Å². The minimum Gasteiger partial charge on any atom is -0.305 e. The maximum absolute atomic E-state index is 12.9. The van der Waals surface area contributed by atoms with Crippen LogP contribution in [0.2, 0.25) is 0 Å². The van der Waals surface area contributed by atoms with Crippen LogP contribution >= 0.6 is 0 Å². The average Bonchev–Trinajstić information content (AvgIpc) is 3.38. The third kappa shape index (κ3) is 3.86. The smallest absolute Gasteiger partial charge is 0.305 e. The predicted molar refractivity (Wildman–Crippen MR) is 98.3 cm³/mol. The summed E-state index contributed by atoms with van der Waals surface area (Å²) >= 11 is 0. The number of hydrogen-bond donors (Lipinski definition) is 2. The molecule has 146 valence electrons. The first-order valence-electron chi connectivity index (χ1n) is 8.40. The molecule has 10 heteroatoms. The number of amides is 1. The lowest BCUT2D eigenvalue weighted by Crippen LogP contribution is -2.13. The van der Waals surface area contributed by atoms with Crippen molar-refractivity contribution in [2.24, 2.45) is 0 Å². The Bertz CT molecular complexity index is 1150. The molecular weight excluding hydrogens is 385 g/mol. The first kappa shape index (κ1) is 18.4. The third-order valence-electron chi connectivity index (χ3n) is 4.12. The Labute approximate surface area is 162 Å². The molecular formula is C19H13F3N6O. The highest BCUT2D eigenvalue weighted by Gasteiger charge is 2.30. The molecule has 2 N–H and O–H groups in total. The monoisotopic (exact) mass is 398 g/mol. The Kier molecular flexibility index (Phi) is 4.59. The van der Waals surface area contributed by atoms with Crippen LogP contribution in [0.5, 0.6) is 0 Å². The van der Waals surface area contributed by atoms with Crippen molar-refractivity contribution in [1.29, 1.82) is 0 Å². The number of halogens is 3. The summed E-state index contributed by atoms with van der Waals surface area (Å²) in [5.41, 5.74) is 0.988.